The smallest absolute Gasteiger partial charge is 0.222 e. The largest absolute Gasteiger partial charge is 0.355 e. The van der Waals surface area contributed by atoms with Crippen LogP contribution >= 0.6 is 0 Å². The summed E-state index contributed by atoms with van der Waals surface area (Å²) in [5.74, 6) is 0.304. The Bertz CT molecular complexity index is 326. The van der Waals surface area contributed by atoms with E-state index in [1.54, 1.807) is 6.92 Å². The molecule has 0 aliphatic carbocycles. The molecule has 0 rings (SSSR count). The highest BCUT2D eigenvalue weighted by atomic mass is 32.2. The number of amides is 1. The van der Waals surface area contributed by atoms with Crippen molar-refractivity contribution in [3.63, 3.8) is 0 Å². The maximum Gasteiger partial charge on any atom is 0.222 e. The molecule has 0 saturated heterocycles. The van der Waals surface area contributed by atoms with Gasteiger partial charge in [0.2, 0.25) is 5.91 Å². The van der Waals surface area contributed by atoms with E-state index in [0.717, 1.165) is 0 Å². The molecule has 0 radical (unpaired) electrons. The molecule has 0 heterocycles. The molecule has 1 unspecified atom stereocenters. The predicted octanol–water partition coefficient (Wildman–Crippen LogP) is 0.171. The van der Waals surface area contributed by atoms with Crippen LogP contribution in [-0.2, 0) is 14.6 Å². The number of sulfone groups is 1. The minimum atomic E-state index is -2.94. The highest BCUT2D eigenvalue weighted by Gasteiger charge is 2.13. The molecule has 0 aromatic carbocycles. The highest BCUT2D eigenvalue weighted by Crippen LogP contribution is 1.94. The number of carbonyl (C=O) groups is 1. The lowest BCUT2D eigenvalue weighted by Gasteiger charge is -2.14. The summed E-state index contributed by atoms with van der Waals surface area (Å²) in [5.41, 5.74) is 0. The van der Waals surface area contributed by atoms with Gasteiger partial charge in [-0.05, 0) is 6.92 Å². The first-order valence-corrected chi connectivity index (χ1v) is 7.82. The van der Waals surface area contributed by atoms with Gasteiger partial charge in [0.25, 0.3) is 0 Å². The molecule has 0 fully saturated rings. The summed E-state index contributed by atoms with van der Waals surface area (Å²) in [6.45, 7) is 8.24. The highest BCUT2D eigenvalue weighted by molar-refractivity contribution is 7.91. The molecule has 0 spiro atoms. The monoisotopic (exact) mass is 264 g/mol. The summed E-state index contributed by atoms with van der Waals surface area (Å²) in [7, 11) is -2.94. The van der Waals surface area contributed by atoms with Crippen molar-refractivity contribution in [2.45, 2.75) is 33.7 Å². The van der Waals surface area contributed by atoms with E-state index in [2.05, 4.69) is 10.6 Å². The topological polar surface area (TPSA) is 75.3 Å². The molecule has 0 aliphatic rings. The van der Waals surface area contributed by atoms with Gasteiger partial charge in [0, 0.05) is 30.8 Å². The van der Waals surface area contributed by atoms with Gasteiger partial charge >= 0.3 is 0 Å². The summed E-state index contributed by atoms with van der Waals surface area (Å²) in [4.78, 5) is 11.2. The van der Waals surface area contributed by atoms with E-state index >= 15 is 0 Å². The molecule has 5 nitrogen and oxygen atoms in total. The minimum absolute atomic E-state index is 0.0145. The first-order chi connectivity index (χ1) is 7.78. The van der Waals surface area contributed by atoms with E-state index in [9.17, 15) is 13.2 Å². The molecule has 0 saturated carbocycles. The van der Waals surface area contributed by atoms with Crippen molar-refractivity contribution in [2.75, 3.05) is 24.6 Å². The minimum Gasteiger partial charge on any atom is -0.355 e. The molecule has 6 heteroatoms. The van der Waals surface area contributed by atoms with E-state index < -0.39 is 9.84 Å². The fraction of sp³-hybridized carbons (Fsp3) is 0.909. The average molecular weight is 264 g/mol. The van der Waals surface area contributed by atoms with E-state index in [1.165, 1.54) is 0 Å². The molecule has 0 aromatic rings. The second-order valence-corrected chi connectivity index (χ2v) is 6.90. The summed E-state index contributed by atoms with van der Waals surface area (Å²) in [6.07, 6.45) is 0. The number of carbonyl (C=O) groups excluding carboxylic acids is 1. The van der Waals surface area contributed by atoms with Crippen LogP contribution in [0.1, 0.15) is 27.7 Å². The summed E-state index contributed by atoms with van der Waals surface area (Å²) >= 11 is 0. The van der Waals surface area contributed by atoms with Gasteiger partial charge in [-0.2, -0.15) is 0 Å². The Labute approximate surface area is 104 Å². The van der Waals surface area contributed by atoms with Gasteiger partial charge in [0.05, 0.1) is 5.75 Å². The van der Waals surface area contributed by atoms with Gasteiger partial charge in [-0.25, -0.2) is 8.42 Å². The quantitative estimate of drug-likeness (QED) is 0.613. The van der Waals surface area contributed by atoms with Gasteiger partial charge in [0.15, 0.2) is 9.84 Å². The Morgan fingerprint density at radius 3 is 2.24 bits per heavy atom. The molecule has 1 amide bonds. The van der Waals surface area contributed by atoms with Crippen molar-refractivity contribution in [3.05, 3.63) is 0 Å². The lowest BCUT2D eigenvalue weighted by Crippen LogP contribution is -2.40. The first kappa shape index (κ1) is 16.4. The molecule has 17 heavy (non-hydrogen) atoms. The van der Waals surface area contributed by atoms with Crippen LogP contribution in [0.25, 0.3) is 0 Å². The standard InChI is InChI=1S/C11H24N2O3S/c1-5-17(15,16)8-10(4)12-6-7-13-11(14)9(2)3/h9-10,12H,5-8H2,1-4H3,(H,13,14). The Kier molecular flexibility index (Phi) is 7.38. The fourth-order valence-electron chi connectivity index (χ4n) is 1.27. The molecule has 0 aliphatic heterocycles. The number of hydrogen-bond donors (Lipinski definition) is 2. The molecule has 1 atom stereocenters. The Morgan fingerprint density at radius 1 is 1.18 bits per heavy atom. The van der Waals surface area contributed by atoms with E-state index in [1.807, 2.05) is 20.8 Å². The first-order valence-electron chi connectivity index (χ1n) is 6.00. The molecule has 2 N–H and O–H groups in total. The summed E-state index contributed by atoms with van der Waals surface area (Å²) < 4.78 is 22.7. The van der Waals surface area contributed by atoms with Gasteiger partial charge < -0.3 is 10.6 Å². The van der Waals surface area contributed by atoms with Gasteiger partial charge in [-0.1, -0.05) is 20.8 Å². The number of hydrogen-bond acceptors (Lipinski definition) is 4. The van der Waals surface area contributed by atoms with Crippen LogP contribution in [0.2, 0.25) is 0 Å². The van der Waals surface area contributed by atoms with Crippen molar-refractivity contribution in [3.8, 4) is 0 Å². The van der Waals surface area contributed by atoms with E-state index in [4.69, 9.17) is 0 Å². The van der Waals surface area contributed by atoms with Crippen molar-refractivity contribution < 1.29 is 13.2 Å². The third-order valence-corrected chi connectivity index (χ3v) is 4.27. The normalized spacial score (nSPS) is 13.7. The van der Waals surface area contributed by atoms with Crippen LogP contribution in [0.3, 0.4) is 0 Å². The van der Waals surface area contributed by atoms with Crippen molar-refractivity contribution in [1.29, 1.82) is 0 Å². The van der Waals surface area contributed by atoms with E-state index in [-0.39, 0.29) is 29.4 Å². The fourth-order valence-corrected chi connectivity index (χ4v) is 2.38. The third-order valence-electron chi connectivity index (χ3n) is 2.39. The average Bonchev–Trinajstić information content (AvgIpc) is 2.23. The van der Waals surface area contributed by atoms with Crippen molar-refractivity contribution in [1.82, 2.24) is 10.6 Å². The van der Waals surface area contributed by atoms with Gasteiger partial charge in [0.1, 0.15) is 0 Å². The van der Waals surface area contributed by atoms with Crippen LogP contribution in [0.4, 0.5) is 0 Å². The van der Waals surface area contributed by atoms with Gasteiger partial charge in [-0.3, -0.25) is 4.79 Å². The van der Waals surface area contributed by atoms with Crippen LogP contribution < -0.4 is 10.6 Å². The van der Waals surface area contributed by atoms with Crippen LogP contribution in [0.5, 0.6) is 0 Å². The summed E-state index contributed by atoms with van der Waals surface area (Å²) in [6, 6.07) is -0.0871. The second-order valence-electron chi connectivity index (χ2n) is 4.50. The molecular weight excluding hydrogens is 240 g/mol. The van der Waals surface area contributed by atoms with E-state index in [0.29, 0.717) is 13.1 Å². The molecule has 0 bridgehead atoms. The Balaban J connectivity index is 3.73. The maximum absolute atomic E-state index is 11.3. The number of nitrogens with one attached hydrogen (secondary N) is 2. The Hall–Kier alpha value is -0.620. The molecule has 0 aromatic heterocycles. The lowest BCUT2D eigenvalue weighted by atomic mass is 10.2. The maximum atomic E-state index is 11.3. The van der Waals surface area contributed by atoms with Crippen LogP contribution in [-0.4, -0.2) is 45.0 Å². The predicted molar refractivity (Wildman–Crippen MR) is 69.6 cm³/mol. The molecule has 102 valence electrons. The zero-order valence-electron chi connectivity index (χ0n) is 11.1. The van der Waals surface area contributed by atoms with Crippen molar-refractivity contribution in [2.24, 2.45) is 5.92 Å². The third kappa shape index (κ3) is 8.15. The van der Waals surface area contributed by atoms with Crippen LogP contribution in [0.15, 0.2) is 0 Å². The second kappa shape index (κ2) is 7.66. The zero-order chi connectivity index (χ0) is 13.5. The Morgan fingerprint density at radius 2 is 1.76 bits per heavy atom. The van der Waals surface area contributed by atoms with Gasteiger partial charge in [-0.15, -0.1) is 0 Å². The molecular formula is C11H24N2O3S. The van der Waals surface area contributed by atoms with Crippen LogP contribution in [0, 0.1) is 5.92 Å². The van der Waals surface area contributed by atoms with Crippen molar-refractivity contribution >= 4 is 15.7 Å². The summed E-state index contributed by atoms with van der Waals surface area (Å²) in [5, 5.41) is 5.84. The number of rotatable bonds is 8. The zero-order valence-corrected chi connectivity index (χ0v) is 11.9. The SMILES string of the molecule is CCS(=O)(=O)CC(C)NCCNC(=O)C(C)C. The lowest BCUT2D eigenvalue weighted by molar-refractivity contribution is -0.123.